The number of methoxy groups -OCH3 is 1. The fourth-order valence-corrected chi connectivity index (χ4v) is 3.41. The lowest BCUT2D eigenvalue weighted by molar-refractivity contribution is -0.115. The van der Waals surface area contributed by atoms with Crippen molar-refractivity contribution in [2.75, 3.05) is 13.7 Å². The molecule has 3 rings (SSSR count). The van der Waals surface area contributed by atoms with Crippen molar-refractivity contribution in [1.29, 1.82) is 0 Å². The third-order valence-electron chi connectivity index (χ3n) is 5.27. The molecule has 2 aromatic rings. The van der Waals surface area contributed by atoms with E-state index >= 15 is 0 Å². The summed E-state index contributed by atoms with van der Waals surface area (Å²) in [7, 11) is 1.56. The molecule has 0 amide bonds. The minimum Gasteiger partial charge on any atom is -0.493 e. The average Bonchev–Trinajstić information content (AvgIpc) is 2.73. The van der Waals surface area contributed by atoms with Crippen molar-refractivity contribution in [3.8, 4) is 11.5 Å². The van der Waals surface area contributed by atoms with Crippen LogP contribution in [0.25, 0.3) is 0 Å². The van der Waals surface area contributed by atoms with E-state index in [2.05, 4.69) is 0 Å². The maximum absolute atomic E-state index is 13.0. The van der Waals surface area contributed by atoms with Crippen LogP contribution < -0.4 is 9.47 Å². The van der Waals surface area contributed by atoms with E-state index in [0.29, 0.717) is 24.5 Å². The normalized spacial score (nSPS) is 16.2. The first kappa shape index (κ1) is 22.8. The Morgan fingerprint density at radius 2 is 1.81 bits per heavy atom. The van der Waals surface area contributed by atoms with Gasteiger partial charge in [0.1, 0.15) is 5.82 Å². The lowest BCUT2D eigenvalue weighted by Gasteiger charge is -2.20. The van der Waals surface area contributed by atoms with Crippen molar-refractivity contribution in [2.45, 2.75) is 44.6 Å². The smallest absolute Gasteiger partial charge is 0.167 e. The van der Waals surface area contributed by atoms with Gasteiger partial charge in [0.2, 0.25) is 0 Å². The number of aryl methyl sites for hydroxylation is 1. The van der Waals surface area contributed by atoms with Crippen molar-refractivity contribution in [2.24, 2.45) is 0 Å². The van der Waals surface area contributed by atoms with E-state index in [9.17, 15) is 14.3 Å². The van der Waals surface area contributed by atoms with E-state index < -0.39 is 5.60 Å². The van der Waals surface area contributed by atoms with E-state index in [1.807, 2.05) is 24.3 Å². The van der Waals surface area contributed by atoms with Crippen LogP contribution in [0, 0.1) is 5.82 Å². The van der Waals surface area contributed by atoms with Crippen LogP contribution >= 0.6 is 0 Å². The zero-order valence-electron chi connectivity index (χ0n) is 18.2. The Hall–Kier alpha value is -2.92. The highest BCUT2D eigenvalue weighted by Gasteiger charge is 2.21. The van der Waals surface area contributed by atoms with E-state index in [4.69, 9.17) is 9.47 Å². The summed E-state index contributed by atoms with van der Waals surface area (Å²) < 4.78 is 24.2. The second-order valence-corrected chi connectivity index (χ2v) is 8.41. The topological polar surface area (TPSA) is 55.8 Å². The summed E-state index contributed by atoms with van der Waals surface area (Å²) in [6, 6.07) is 11.9. The molecule has 1 unspecified atom stereocenters. The number of ketones is 1. The first-order chi connectivity index (χ1) is 14.7. The van der Waals surface area contributed by atoms with Gasteiger partial charge in [-0.25, -0.2) is 4.39 Å². The Bertz CT molecular complexity index is 968. The number of halogens is 1. The second-order valence-electron chi connectivity index (χ2n) is 8.41. The van der Waals surface area contributed by atoms with Crippen molar-refractivity contribution >= 4 is 5.78 Å². The predicted molar refractivity (Wildman–Crippen MR) is 119 cm³/mol. The fraction of sp³-hybridized carbons (Fsp3) is 0.346. The van der Waals surface area contributed by atoms with Crippen molar-refractivity contribution in [3.05, 3.63) is 83.2 Å². The number of hydrogen-bond donors (Lipinski definition) is 1. The molecular weight excluding hydrogens is 395 g/mol. The zero-order valence-corrected chi connectivity index (χ0v) is 18.2. The minimum absolute atomic E-state index is 0.0226. The summed E-state index contributed by atoms with van der Waals surface area (Å²) in [5, 5.41) is 9.82. The van der Waals surface area contributed by atoms with Crippen molar-refractivity contribution < 1.29 is 23.8 Å². The first-order valence-electron chi connectivity index (χ1n) is 10.5. The van der Waals surface area contributed by atoms with E-state index in [1.165, 1.54) is 12.1 Å². The Labute approximate surface area is 183 Å². The number of aliphatic hydroxyl groups is 1. The lowest BCUT2D eigenvalue weighted by atomic mass is 9.87. The molecule has 164 valence electrons. The maximum Gasteiger partial charge on any atom is 0.167 e. The molecule has 5 heteroatoms. The SMILES string of the molecule is COc1cc(C2C=CC(CCc3ccc(F)cc3)=CC2=O)ccc1OCCC(C)(C)O. The van der Waals surface area contributed by atoms with Gasteiger partial charge in [-0.2, -0.15) is 0 Å². The quantitative estimate of drug-likeness (QED) is 0.604. The molecule has 0 saturated heterocycles. The summed E-state index contributed by atoms with van der Waals surface area (Å²) in [5.74, 6) is 0.546. The number of hydrogen-bond acceptors (Lipinski definition) is 4. The molecule has 0 fully saturated rings. The molecule has 1 N–H and O–H groups in total. The number of allylic oxidation sites excluding steroid dienone is 4. The highest BCUT2D eigenvalue weighted by atomic mass is 19.1. The van der Waals surface area contributed by atoms with Crippen LogP contribution in [0.1, 0.15) is 43.7 Å². The standard InChI is InChI=1S/C26H29FO4/c1-26(2,29)14-15-31-24-13-9-20(17-25(24)30-3)22-12-8-19(16-23(22)28)5-4-18-6-10-21(27)11-7-18/h6-13,16-17,22,29H,4-5,14-15H2,1-3H3. The Balaban J connectivity index is 1.63. The van der Waals surface area contributed by atoms with Gasteiger partial charge in [0, 0.05) is 6.42 Å². The fourth-order valence-electron chi connectivity index (χ4n) is 3.41. The summed E-state index contributed by atoms with van der Waals surface area (Å²) in [4.78, 5) is 12.8. The van der Waals surface area contributed by atoms with Gasteiger partial charge in [0.25, 0.3) is 0 Å². The van der Waals surface area contributed by atoms with Gasteiger partial charge in [-0.05, 0) is 73.7 Å². The van der Waals surface area contributed by atoms with Crippen LogP contribution in [0.15, 0.2) is 66.3 Å². The Morgan fingerprint density at radius 3 is 2.45 bits per heavy atom. The molecule has 0 aliphatic heterocycles. The third kappa shape index (κ3) is 6.53. The van der Waals surface area contributed by atoms with E-state index in [1.54, 1.807) is 45.2 Å². The average molecular weight is 425 g/mol. The van der Waals surface area contributed by atoms with Crippen LogP contribution in [-0.2, 0) is 11.2 Å². The molecule has 0 aromatic heterocycles. The largest absolute Gasteiger partial charge is 0.493 e. The van der Waals surface area contributed by atoms with Crippen LogP contribution in [0.3, 0.4) is 0 Å². The molecule has 0 saturated carbocycles. The number of ether oxygens (including phenoxy) is 2. The molecule has 31 heavy (non-hydrogen) atoms. The van der Waals surface area contributed by atoms with Crippen LogP contribution in [-0.4, -0.2) is 30.2 Å². The molecular formula is C26H29FO4. The molecule has 0 spiro atoms. The van der Waals surface area contributed by atoms with Gasteiger partial charge in [-0.1, -0.05) is 30.4 Å². The summed E-state index contributed by atoms with van der Waals surface area (Å²) >= 11 is 0. The van der Waals surface area contributed by atoms with Crippen LogP contribution in [0.5, 0.6) is 11.5 Å². The zero-order chi connectivity index (χ0) is 22.4. The lowest BCUT2D eigenvalue weighted by Crippen LogP contribution is -2.21. The molecule has 2 aromatic carbocycles. The summed E-state index contributed by atoms with van der Waals surface area (Å²) in [6.07, 6.45) is 7.54. The Morgan fingerprint density at radius 1 is 1.06 bits per heavy atom. The molecule has 0 bridgehead atoms. The van der Waals surface area contributed by atoms with Gasteiger partial charge < -0.3 is 14.6 Å². The van der Waals surface area contributed by atoms with Gasteiger partial charge in [0.15, 0.2) is 17.3 Å². The van der Waals surface area contributed by atoms with Crippen molar-refractivity contribution in [1.82, 2.24) is 0 Å². The third-order valence-corrected chi connectivity index (χ3v) is 5.27. The molecule has 4 nitrogen and oxygen atoms in total. The van der Waals surface area contributed by atoms with E-state index in [-0.39, 0.29) is 17.5 Å². The van der Waals surface area contributed by atoms with Gasteiger partial charge >= 0.3 is 0 Å². The summed E-state index contributed by atoms with van der Waals surface area (Å²) in [6.45, 7) is 3.83. The number of carbonyl (C=O) groups excluding carboxylic acids is 1. The highest BCUT2D eigenvalue weighted by Crippen LogP contribution is 2.34. The minimum atomic E-state index is -0.798. The van der Waals surface area contributed by atoms with Crippen molar-refractivity contribution in [3.63, 3.8) is 0 Å². The molecule has 0 heterocycles. The molecule has 0 radical (unpaired) electrons. The molecule has 1 aliphatic carbocycles. The van der Waals surface area contributed by atoms with Gasteiger partial charge in [0.05, 0.1) is 25.2 Å². The molecule has 1 aliphatic rings. The number of carbonyl (C=O) groups is 1. The van der Waals surface area contributed by atoms with E-state index in [0.717, 1.165) is 29.5 Å². The molecule has 1 atom stereocenters. The van der Waals surface area contributed by atoms with Gasteiger partial charge in [-0.15, -0.1) is 0 Å². The van der Waals surface area contributed by atoms with Crippen LogP contribution in [0.4, 0.5) is 4.39 Å². The first-order valence-corrected chi connectivity index (χ1v) is 10.5. The second kappa shape index (κ2) is 9.92. The monoisotopic (exact) mass is 424 g/mol. The summed E-state index contributed by atoms with van der Waals surface area (Å²) in [5.41, 5.74) is 2.04. The van der Waals surface area contributed by atoms with Crippen LogP contribution in [0.2, 0.25) is 0 Å². The highest BCUT2D eigenvalue weighted by molar-refractivity contribution is 5.99. The van der Waals surface area contributed by atoms with Gasteiger partial charge in [-0.3, -0.25) is 4.79 Å². The number of rotatable bonds is 9. The number of benzene rings is 2. The Kier molecular flexibility index (Phi) is 7.29. The maximum atomic E-state index is 13.0. The predicted octanol–water partition coefficient (Wildman–Crippen LogP) is 5.16.